The van der Waals surface area contributed by atoms with E-state index < -0.39 is 17.5 Å². The minimum absolute atomic E-state index is 0.0520. The monoisotopic (exact) mass is 396 g/mol. The molecule has 1 saturated carbocycles. The standard InChI is InChI=1S/C20H24N6O3/c1-14-7-5-6-10-20(14)17(28)26(19(29)23-20)12-16(27)22-18-21-13-25(24-18)11-15-8-3-2-4-9-15/h2-4,8-9,13-14H,5-7,10-12H2,1H3,(H,23,29)(H,22,24,27). The molecule has 9 nitrogen and oxygen atoms in total. The molecule has 4 amide bonds. The van der Waals surface area contributed by atoms with Crippen molar-refractivity contribution >= 4 is 23.8 Å². The molecule has 0 radical (unpaired) electrons. The summed E-state index contributed by atoms with van der Waals surface area (Å²) in [6.07, 6.45) is 4.95. The summed E-state index contributed by atoms with van der Waals surface area (Å²) in [5.41, 5.74) is 0.187. The SMILES string of the molecule is CC1CCCCC12NC(=O)N(CC(=O)Nc1ncn(Cc3ccccc3)n1)C2=O. The molecule has 1 saturated heterocycles. The van der Waals surface area contributed by atoms with Crippen LogP contribution in [0.3, 0.4) is 0 Å². The second-order valence-electron chi connectivity index (χ2n) is 7.74. The predicted octanol–water partition coefficient (Wildman–Crippen LogP) is 1.77. The smallest absolute Gasteiger partial charge is 0.323 e. The third kappa shape index (κ3) is 3.72. The molecule has 2 atom stereocenters. The zero-order chi connectivity index (χ0) is 20.4. The van der Waals surface area contributed by atoms with E-state index in [1.54, 1.807) is 4.68 Å². The van der Waals surface area contributed by atoms with Gasteiger partial charge in [-0.3, -0.25) is 19.8 Å². The van der Waals surface area contributed by atoms with E-state index in [0.29, 0.717) is 13.0 Å². The first-order chi connectivity index (χ1) is 14.0. The van der Waals surface area contributed by atoms with Crippen molar-refractivity contribution in [2.24, 2.45) is 5.92 Å². The Balaban J connectivity index is 1.37. The van der Waals surface area contributed by atoms with Gasteiger partial charge in [0.2, 0.25) is 11.9 Å². The maximum atomic E-state index is 12.9. The summed E-state index contributed by atoms with van der Waals surface area (Å²) in [6, 6.07) is 9.24. The molecule has 1 aromatic heterocycles. The molecule has 1 aliphatic carbocycles. The molecule has 1 spiro atoms. The van der Waals surface area contributed by atoms with Crippen LogP contribution in [-0.2, 0) is 16.1 Å². The van der Waals surface area contributed by atoms with Crippen LogP contribution in [0.25, 0.3) is 0 Å². The normalized spacial score (nSPS) is 24.0. The lowest BCUT2D eigenvalue weighted by atomic mass is 9.73. The summed E-state index contributed by atoms with van der Waals surface area (Å²) in [4.78, 5) is 42.8. The molecule has 1 aliphatic heterocycles. The fourth-order valence-electron chi connectivity index (χ4n) is 4.15. The fourth-order valence-corrected chi connectivity index (χ4v) is 4.15. The Morgan fingerprint density at radius 1 is 1.28 bits per heavy atom. The maximum absolute atomic E-state index is 12.9. The van der Waals surface area contributed by atoms with Gasteiger partial charge in [-0.1, -0.05) is 50.1 Å². The van der Waals surface area contributed by atoms with Crippen molar-refractivity contribution in [2.45, 2.75) is 44.7 Å². The van der Waals surface area contributed by atoms with Crippen LogP contribution in [-0.4, -0.2) is 49.6 Å². The Kier molecular flexibility index (Phi) is 5.04. The lowest BCUT2D eigenvalue weighted by Gasteiger charge is -2.36. The number of amides is 4. The number of imide groups is 1. The van der Waals surface area contributed by atoms with E-state index in [1.165, 1.54) is 6.33 Å². The van der Waals surface area contributed by atoms with Crippen LogP contribution in [0.15, 0.2) is 36.7 Å². The van der Waals surface area contributed by atoms with E-state index >= 15 is 0 Å². The molecule has 2 aliphatic rings. The number of benzene rings is 1. The Morgan fingerprint density at radius 3 is 2.83 bits per heavy atom. The summed E-state index contributed by atoms with van der Waals surface area (Å²) in [5, 5.41) is 9.63. The molecule has 2 heterocycles. The third-order valence-electron chi connectivity index (χ3n) is 5.78. The molecule has 2 unspecified atom stereocenters. The average molecular weight is 396 g/mol. The molecule has 1 aromatic carbocycles. The van der Waals surface area contributed by atoms with Crippen LogP contribution in [0.5, 0.6) is 0 Å². The molecule has 0 bridgehead atoms. The van der Waals surface area contributed by atoms with E-state index in [9.17, 15) is 14.4 Å². The number of nitrogens with zero attached hydrogens (tertiary/aromatic N) is 4. The number of hydrogen-bond acceptors (Lipinski definition) is 5. The number of aromatic nitrogens is 3. The molecule has 2 fully saturated rings. The van der Waals surface area contributed by atoms with Crippen molar-refractivity contribution in [3.63, 3.8) is 0 Å². The van der Waals surface area contributed by atoms with Gasteiger partial charge >= 0.3 is 6.03 Å². The summed E-state index contributed by atoms with van der Waals surface area (Å²) >= 11 is 0. The molecule has 9 heteroatoms. The number of rotatable bonds is 5. The first-order valence-corrected chi connectivity index (χ1v) is 9.85. The van der Waals surface area contributed by atoms with Crippen molar-refractivity contribution in [1.29, 1.82) is 0 Å². The van der Waals surface area contributed by atoms with Gasteiger partial charge in [0.05, 0.1) is 6.54 Å². The molecule has 152 valence electrons. The van der Waals surface area contributed by atoms with Gasteiger partial charge in [0.1, 0.15) is 18.4 Å². The minimum atomic E-state index is -0.870. The van der Waals surface area contributed by atoms with E-state index in [-0.39, 0.29) is 24.3 Å². The molecule has 2 aromatic rings. The van der Waals surface area contributed by atoms with E-state index in [1.807, 2.05) is 37.3 Å². The Bertz CT molecular complexity index is 927. The highest BCUT2D eigenvalue weighted by Crippen LogP contribution is 2.38. The Labute approximate surface area is 168 Å². The number of carbonyl (C=O) groups excluding carboxylic acids is 3. The second kappa shape index (κ2) is 7.65. The lowest BCUT2D eigenvalue weighted by molar-refractivity contribution is -0.136. The van der Waals surface area contributed by atoms with Crippen LogP contribution in [0, 0.1) is 5.92 Å². The zero-order valence-corrected chi connectivity index (χ0v) is 16.3. The molecular formula is C20H24N6O3. The van der Waals surface area contributed by atoms with Crippen LogP contribution >= 0.6 is 0 Å². The van der Waals surface area contributed by atoms with Crippen LogP contribution < -0.4 is 10.6 Å². The number of carbonyl (C=O) groups is 3. The highest BCUT2D eigenvalue weighted by molar-refractivity contribution is 6.10. The first-order valence-electron chi connectivity index (χ1n) is 9.85. The van der Waals surface area contributed by atoms with Crippen molar-refractivity contribution in [3.05, 3.63) is 42.2 Å². The Morgan fingerprint density at radius 2 is 2.07 bits per heavy atom. The van der Waals surface area contributed by atoms with Gasteiger partial charge in [0.25, 0.3) is 5.91 Å². The first kappa shape index (κ1) is 19.1. The van der Waals surface area contributed by atoms with E-state index in [2.05, 4.69) is 20.7 Å². The number of urea groups is 1. The summed E-state index contributed by atoms with van der Waals surface area (Å²) in [5.74, 6) is -0.631. The summed E-state index contributed by atoms with van der Waals surface area (Å²) in [6.45, 7) is 2.15. The highest BCUT2D eigenvalue weighted by Gasteiger charge is 2.55. The van der Waals surface area contributed by atoms with Gasteiger partial charge in [-0.05, 0) is 24.3 Å². The van der Waals surface area contributed by atoms with Crippen molar-refractivity contribution in [1.82, 2.24) is 25.0 Å². The number of hydrogen-bond donors (Lipinski definition) is 2. The van der Waals surface area contributed by atoms with Gasteiger partial charge in [0.15, 0.2) is 0 Å². The average Bonchev–Trinajstić information content (AvgIpc) is 3.23. The lowest BCUT2D eigenvalue weighted by Crippen LogP contribution is -2.54. The maximum Gasteiger partial charge on any atom is 0.325 e. The van der Waals surface area contributed by atoms with Gasteiger partial charge in [-0.25, -0.2) is 14.5 Å². The van der Waals surface area contributed by atoms with E-state index in [0.717, 1.165) is 29.7 Å². The van der Waals surface area contributed by atoms with Crippen LogP contribution in [0.4, 0.5) is 10.7 Å². The van der Waals surface area contributed by atoms with Crippen molar-refractivity contribution in [2.75, 3.05) is 11.9 Å². The summed E-state index contributed by atoms with van der Waals surface area (Å²) in [7, 11) is 0. The predicted molar refractivity (Wildman–Crippen MR) is 105 cm³/mol. The van der Waals surface area contributed by atoms with Gasteiger partial charge in [0, 0.05) is 0 Å². The Hall–Kier alpha value is -3.23. The highest BCUT2D eigenvalue weighted by atomic mass is 16.2. The number of anilines is 1. The second-order valence-corrected chi connectivity index (χ2v) is 7.74. The largest absolute Gasteiger partial charge is 0.325 e. The van der Waals surface area contributed by atoms with Gasteiger partial charge in [-0.2, -0.15) is 0 Å². The quantitative estimate of drug-likeness (QED) is 0.749. The molecule has 2 N–H and O–H groups in total. The zero-order valence-electron chi connectivity index (χ0n) is 16.3. The molecular weight excluding hydrogens is 372 g/mol. The minimum Gasteiger partial charge on any atom is -0.323 e. The van der Waals surface area contributed by atoms with Gasteiger partial charge in [-0.15, -0.1) is 5.10 Å². The van der Waals surface area contributed by atoms with Crippen molar-refractivity contribution in [3.8, 4) is 0 Å². The van der Waals surface area contributed by atoms with E-state index in [4.69, 9.17) is 0 Å². The molecule has 4 rings (SSSR count). The third-order valence-corrected chi connectivity index (χ3v) is 5.78. The molecule has 29 heavy (non-hydrogen) atoms. The number of nitrogens with one attached hydrogen (secondary N) is 2. The van der Waals surface area contributed by atoms with Crippen LogP contribution in [0.2, 0.25) is 0 Å². The summed E-state index contributed by atoms with van der Waals surface area (Å²) < 4.78 is 1.61. The topological polar surface area (TPSA) is 109 Å². The van der Waals surface area contributed by atoms with Gasteiger partial charge < -0.3 is 5.32 Å². The van der Waals surface area contributed by atoms with Crippen LogP contribution in [0.1, 0.15) is 38.2 Å². The van der Waals surface area contributed by atoms with Crippen molar-refractivity contribution < 1.29 is 14.4 Å². The fraction of sp³-hybridized carbons (Fsp3) is 0.450.